The third kappa shape index (κ3) is 3.46. The third-order valence-corrected chi connectivity index (χ3v) is 4.47. The van der Waals surface area contributed by atoms with Crippen molar-refractivity contribution in [3.63, 3.8) is 0 Å². The van der Waals surface area contributed by atoms with Gasteiger partial charge in [0.15, 0.2) is 0 Å². The lowest BCUT2D eigenvalue weighted by Crippen LogP contribution is -2.12. The minimum atomic E-state index is -0.116. The molecule has 6 nitrogen and oxygen atoms in total. The van der Waals surface area contributed by atoms with Gasteiger partial charge in [0.2, 0.25) is 5.89 Å². The molecule has 1 N–H and O–H groups in total. The second kappa shape index (κ2) is 6.90. The van der Waals surface area contributed by atoms with Crippen LogP contribution in [0.25, 0.3) is 22.4 Å². The minimum Gasteiger partial charge on any atom is -0.411 e. The number of para-hydroxylation sites is 1. The lowest BCUT2D eigenvalue weighted by Gasteiger charge is -2.01. The van der Waals surface area contributed by atoms with E-state index in [4.69, 9.17) is 4.42 Å². The number of hydrogen-bond donors (Lipinski definition) is 1. The largest absolute Gasteiger partial charge is 0.411 e. The number of H-pyrrole nitrogens is 1. The second-order valence-corrected chi connectivity index (χ2v) is 6.41. The predicted octanol–water partition coefficient (Wildman–Crippen LogP) is 3.31. The van der Waals surface area contributed by atoms with E-state index in [9.17, 15) is 4.79 Å². The van der Waals surface area contributed by atoms with Crippen LogP contribution in [0.5, 0.6) is 0 Å². The highest BCUT2D eigenvalue weighted by Gasteiger charge is 2.09. The maximum atomic E-state index is 12.0. The number of aromatic amines is 1. The van der Waals surface area contributed by atoms with Crippen molar-refractivity contribution in [2.24, 2.45) is 0 Å². The number of benzene rings is 2. The number of nitrogens with zero attached hydrogens (tertiary/aromatic N) is 3. The average Bonchev–Trinajstić information content (AvgIpc) is 3.12. The molecule has 0 fully saturated rings. The molecular formula is C18H14N4O2S. The summed E-state index contributed by atoms with van der Waals surface area (Å²) in [4.78, 5) is 19.4. The first-order valence-electron chi connectivity index (χ1n) is 7.79. The summed E-state index contributed by atoms with van der Waals surface area (Å²) in [6.45, 7) is 0. The Balaban J connectivity index is 1.43. The number of aromatic nitrogens is 4. The van der Waals surface area contributed by atoms with Gasteiger partial charge in [0.05, 0.1) is 10.9 Å². The number of nitrogens with one attached hydrogen (secondary N) is 1. The SMILES string of the molecule is O=c1[nH]c(CCSc2nnc(-c3ccccc3)o2)nc2ccccc12. The van der Waals surface area contributed by atoms with Crippen molar-refractivity contribution >= 4 is 22.7 Å². The molecule has 2 aromatic carbocycles. The Morgan fingerprint density at radius 3 is 2.68 bits per heavy atom. The van der Waals surface area contributed by atoms with Crippen molar-refractivity contribution in [2.75, 3.05) is 5.75 Å². The quantitative estimate of drug-likeness (QED) is 0.556. The molecule has 0 radical (unpaired) electrons. The maximum absolute atomic E-state index is 12.0. The van der Waals surface area contributed by atoms with Crippen LogP contribution >= 0.6 is 11.8 Å². The van der Waals surface area contributed by atoms with Crippen LogP contribution < -0.4 is 5.56 Å². The first kappa shape index (κ1) is 15.6. The standard InChI is InChI=1S/C18H14N4O2S/c23-16-13-8-4-5-9-14(13)19-15(20-16)10-11-25-18-22-21-17(24-18)12-6-2-1-3-7-12/h1-9H,10-11H2,(H,19,20,23). The molecule has 25 heavy (non-hydrogen) atoms. The predicted molar refractivity (Wildman–Crippen MR) is 96.5 cm³/mol. The lowest BCUT2D eigenvalue weighted by molar-refractivity contribution is 0.466. The van der Waals surface area contributed by atoms with Gasteiger partial charge in [-0.05, 0) is 24.3 Å². The molecule has 0 atom stereocenters. The fourth-order valence-electron chi connectivity index (χ4n) is 2.45. The van der Waals surface area contributed by atoms with E-state index in [1.165, 1.54) is 11.8 Å². The first-order chi connectivity index (χ1) is 12.3. The van der Waals surface area contributed by atoms with Crippen LogP contribution in [0.1, 0.15) is 5.82 Å². The summed E-state index contributed by atoms with van der Waals surface area (Å²) < 4.78 is 5.65. The van der Waals surface area contributed by atoms with Crippen molar-refractivity contribution in [1.29, 1.82) is 0 Å². The van der Waals surface area contributed by atoms with Crippen LogP contribution in [0, 0.1) is 0 Å². The summed E-state index contributed by atoms with van der Waals surface area (Å²) in [6, 6.07) is 16.9. The van der Waals surface area contributed by atoms with Crippen LogP contribution in [-0.4, -0.2) is 25.9 Å². The monoisotopic (exact) mass is 350 g/mol. The van der Waals surface area contributed by atoms with Gasteiger partial charge in [-0.2, -0.15) is 0 Å². The third-order valence-electron chi connectivity index (χ3n) is 3.65. The Hall–Kier alpha value is -2.93. The summed E-state index contributed by atoms with van der Waals surface area (Å²) in [5.41, 5.74) is 1.48. The fraction of sp³-hybridized carbons (Fsp3) is 0.111. The van der Waals surface area contributed by atoms with Gasteiger partial charge in [0.25, 0.3) is 10.8 Å². The Bertz CT molecular complexity index is 1060. The van der Waals surface area contributed by atoms with Gasteiger partial charge < -0.3 is 9.40 Å². The van der Waals surface area contributed by atoms with E-state index >= 15 is 0 Å². The zero-order valence-electron chi connectivity index (χ0n) is 13.2. The highest BCUT2D eigenvalue weighted by Crippen LogP contribution is 2.23. The molecule has 7 heteroatoms. The highest BCUT2D eigenvalue weighted by atomic mass is 32.2. The van der Waals surface area contributed by atoms with Crippen LogP contribution in [0.4, 0.5) is 0 Å². The van der Waals surface area contributed by atoms with Crippen molar-refractivity contribution in [2.45, 2.75) is 11.6 Å². The topological polar surface area (TPSA) is 84.7 Å². The van der Waals surface area contributed by atoms with E-state index in [0.717, 1.165) is 5.56 Å². The molecule has 0 aliphatic carbocycles. The number of rotatable bonds is 5. The Morgan fingerprint density at radius 2 is 1.80 bits per heavy atom. The van der Waals surface area contributed by atoms with E-state index in [2.05, 4.69) is 20.2 Å². The molecule has 2 heterocycles. The molecule has 4 aromatic rings. The van der Waals surface area contributed by atoms with Gasteiger partial charge in [-0.15, -0.1) is 10.2 Å². The van der Waals surface area contributed by atoms with Crippen LogP contribution in [-0.2, 0) is 6.42 Å². The number of hydrogen-bond acceptors (Lipinski definition) is 6. The van der Waals surface area contributed by atoms with Gasteiger partial charge in [-0.1, -0.05) is 42.1 Å². The number of fused-ring (bicyclic) bond motifs is 1. The highest BCUT2D eigenvalue weighted by molar-refractivity contribution is 7.99. The maximum Gasteiger partial charge on any atom is 0.276 e. The normalized spacial score (nSPS) is 11.0. The van der Waals surface area contributed by atoms with Gasteiger partial charge >= 0.3 is 0 Å². The molecule has 0 saturated heterocycles. The van der Waals surface area contributed by atoms with Crippen molar-refractivity contribution < 1.29 is 4.42 Å². The van der Waals surface area contributed by atoms with Crippen LogP contribution in [0.2, 0.25) is 0 Å². The molecule has 0 spiro atoms. The Kier molecular flexibility index (Phi) is 4.30. The van der Waals surface area contributed by atoms with Gasteiger partial charge in [0, 0.05) is 17.7 Å². The molecule has 0 saturated carbocycles. The van der Waals surface area contributed by atoms with Crippen LogP contribution in [0.3, 0.4) is 0 Å². The summed E-state index contributed by atoms with van der Waals surface area (Å²) in [6.07, 6.45) is 0.605. The van der Waals surface area contributed by atoms with Gasteiger partial charge in [0.1, 0.15) is 5.82 Å². The van der Waals surface area contributed by atoms with Crippen LogP contribution in [0.15, 0.2) is 69.0 Å². The zero-order valence-corrected chi connectivity index (χ0v) is 14.0. The lowest BCUT2D eigenvalue weighted by atomic mass is 10.2. The minimum absolute atomic E-state index is 0.116. The Morgan fingerprint density at radius 1 is 1.00 bits per heavy atom. The molecule has 124 valence electrons. The molecule has 2 aromatic heterocycles. The smallest absolute Gasteiger partial charge is 0.276 e. The van der Waals surface area contributed by atoms with E-state index in [-0.39, 0.29) is 5.56 Å². The summed E-state index contributed by atoms with van der Waals surface area (Å²) in [5, 5.41) is 9.20. The zero-order chi connectivity index (χ0) is 17.1. The van der Waals surface area contributed by atoms with E-state index in [1.54, 1.807) is 6.07 Å². The number of thioether (sulfide) groups is 1. The molecular weight excluding hydrogens is 336 g/mol. The molecule has 0 bridgehead atoms. The molecule has 4 rings (SSSR count). The molecule has 0 unspecified atom stereocenters. The first-order valence-corrected chi connectivity index (χ1v) is 8.78. The van der Waals surface area contributed by atoms with E-state index in [0.29, 0.717) is 40.0 Å². The number of aryl methyl sites for hydroxylation is 1. The summed E-state index contributed by atoms with van der Waals surface area (Å²) in [7, 11) is 0. The molecule has 0 amide bonds. The van der Waals surface area contributed by atoms with Crippen molar-refractivity contribution in [1.82, 2.24) is 20.2 Å². The van der Waals surface area contributed by atoms with Gasteiger partial charge in [-0.25, -0.2) is 4.98 Å². The summed E-state index contributed by atoms with van der Waals surface area (Å²) in [5.74, 6) is 1.83. The van der Waals surface area contributed by atoms with Gasteiger partial charge in [-0.3, -0.25) is 4.79 Å². The fourth-order valence-corrected chi connectivity index (χ4v) is 3.16. The van der Waals surface area contributed by atoms with Crippen molar-refractivity contribution in [3.05, 3.63) is 70.8 Å². The average molecular weight is 350 g/mol. The molecule has 0 aliphatic rings. The summed E-state index contributed by atoms with van der Waals surface area (Å²) >= 11 is 1.44. The second-order valence-electron chi connectivity index (χ2n) is 5.37. The van der Waals surface area contributed by atoms with Crippen molar-refractivity contribution in [3.8, 4) is 11.5 Å². The Labute approximate surface area is 147 Å². The van der Waals surface area contributed by atoms with E-state index < -0.39 is 0 Å². The van der Waals surface area contributed by atoms with E-state index in [1.807, 2.05) is 48.5 Å². The molecule has 0 aliphatic heterocycles.